The molecule has 1 atom stereocenters. The summed E-state index contributed by atoms with van der Waals surface area (Å²) in [4.78, 5) is 28.6. The molecule has 1 N–H and O–H groups in total. The van der Waals surface area contributed by atoms with Gasteiger partial charge in [-0.15, -0.1) is 5.10 Å². The lowest BCUT2D eigenvalue weighted by Crippen LogP contribution is -2.29. The van der Waals surface area contributed by atoms with Gasteiger partial charge in [-0.1, -0.05) is 41.6 Å². The summed E-state index contributed by atoms with van der Waals surface area (Å²) in [6, 6.07) is 7.41. The molecule has 0 bridgehead atoms. The highest BCUT2D eigenvalue weighted by atomic mass is 32.2. The summed E-state index contributed by atoms with van der Waals surface area (Å²) in [5, 5.41) is 8.07. The summed E-state index contributed by atoms with van der Waals surface area (Å²) in [7, 11) is 1.34. The predicted molar refractivity (Wildman–Crippen MR) is 105 cm³/mol. The number of fused-ring (bicyclic) bond motifs is 1. The molecule has 148 valence electrons. The SMILES string of the molecule is CCOC(=O)C1=C(C)Nc2nc(SCC(=O)OC)nn2C1c1cccc(C)c1. The molecule has 1 aromatic carbocycles. The molecule has 0 amide bonds. The Hall–Kier alpha value is -2.81. The summed E-state index contributed by atoms with van der Waals surface area (Å²) in [5.74, 6) is -0.150. The Morgan fingerprint density at radius 3 is 2.79 bits per heavy atom. The fourth-order valence-corrected chi connectivity index (χ4v) is 3.66. The minimum Gasteiger partial charge on any atom is -0.468 e. The molecule has 9 heteroatoms. The first kappa shape index (κ1) is 19.9. The van der Waals surface area contributed by atoms with E-state index in [1.807, 2.05) is 38.1 Å². The summed E-state index contributed by atoms with van der Waals surface area (Å²) >= 11 is 1.18. The van der Waals surface area contributed by atoms with Gasteiger partial charge in [-0.3, -0.25) is 4.79 Å². The van der Waals surface area contributed by atoms with E-state index in [0.717, 1.165) is 11.1 Å². The van der Waals surface area contributed by atoms with Crippen molar-refractivity contribution in [2.45, 2.75) is 32.0 Å². The number of hydrogen-bond donors (Lipinski definition) is 1. The molecule has 2 aromatic rings. The zero-order valence-corrected chi connectivity index (χ0v) is 17.0. The van der Waals surface area contributed by atoms with Crippen LogP contribution in [0, 0.1) is 6.92 Å². The molecule has 0 radical (unpaired) electrons. The van der Waals surface area contributed by atoms with E-state index < -0.39 is 12.0 Å². The monoisotopic (exact) mass is 402 g/mol. The molecular formula is C19H22N4O4S. The quantitative estimate of drug-likeness (QED) is 0.582. The molecule has 0 saturated heterocycles. The summed E-state index contributed by atoms with van der Waals surface area (Å²) < 4.78 is 11.6. The minimum absolute atomic E-state index is 0.103. The fourth-order valence-electron chi connectivity index (χ4n) is 3.00. The zero-order chi connectivity index (χ0) is 20.3. The third kappa shape index (κ3) is 4.04. The van der Waals surface area contributed by atoms with Crippen LogP contribution in [-0.4, -0.2) is 46.2 Å². The number of nitrogens with zero attached hydrogens (tertiary/aromatic N) is 3. The van der Waals surface area contributed by atoms with E-state index in [-0.39, 0.29) is 18.3 Å². The highest BCUT2D eigenvalue weighted by Crippen LogP contribution is 2.36. The Labute approximate surface area is 167 Å². The maximum Gasteiger partial charge on any atom is 0.338 e. The largest absolute Gasteiger partial charge is 0.468 e. The van der Waals surface area contributed by atoms with Crippen molar-refractivity contribution in [3.05, 3.63) is 46.7 Å². The molecule has 0 fully saturated rings. The van der Waals surface area contributed by atoms with Crippen molar-refractivity contribution in [1.82, 2.24) is 14.8 Å². The molecule has 28 heavy (non-hydrogen) atoms. The average Bonchev–Trinajstić information content (AvgIpc) is 3.07. The Morgan fingerprint density at radius 1 is 1.32 bits per heavy atom. The third-order valence-electron chi connectivity index (χ3n) is 4.23. The van der Waals surface area contributed by atoms with Crippen molar-refractivity contribution in [3.63, 3.8) is 0 Å². The molecule has 1 aliphatic rings. The fraction of sp³-hybridized carbons (Fsp3) is 0.368. The van der Waals surface area contributed by atoms with E-state index in [1.165, 1.54) is 18.9 Å². The van der Waals surface area contributed by atoms with Crippen LogP contribution in [0.15, 0.2) is 40.7 Å². The molecule has 1 aliphatic heterocycles. The number of allylic oxidation sites excluding steroid dienone is 1. The molecule has 0 spiro atoms. The van der Waals surface area contributed by atoms with E-state index in [0.29, 0.717) is 22.4 Å². The number of carbonyl (C=O) groups excluding carboxylic acids is 2. The second-order valence-electron chi connectivity index (χ2n) is 6.23. The smallest absolute Gasteiger partial charge is 0.338 e. The predicted octanol–water partition coefficient (Wildman–Crippen LogP) is 2.70. The van der Waals surface area contributed by atoms with E-state index >= 15 is 0 Å². The molecule has 8 nitrogen and oxygen atoms in total. The van der Waals surface area contributed by atoms with Crippen LogP contribution >= 0.6 is 11.8 Å². The van der Waals surface area contributed by atoms with E-state index in [4.69, 9.17) is 4.74 Å². The number of aromatic nitrogens is 3. The van der Waals surface area contributed by atoms with Crippen LogP contribution in [0.2, 0.25) is 0 Å². The normalized spacial score (nSPS) is 15.6. The van der Waals surface area contributed by atoms with Gasteiger partial charge in [-0.05, 0) is 26.3 Å². The maximum absolute atomic E-state index is 12.7. The number of methoxy groups -OCH3 is 1. The van der Waals surface area contributed by atoms with Gasteiger partial charge in [0.05, 0.1) is 25.0 Å². The van der Waals surface area contributed by atoms with Gasteiger partial charge in [0.2, 0.25) is 11.1 Å². The molecule has 1 unspecified atom stereocenters. The number of carbonyl (C=O) groups is 2. The number of aryl methyl sites for hydroxylation is 1. The minimum atomic E-state index is -0.477. The Kier molecular flexibility index (Phi) is 6.03. The third-order valence-corrected chi connectivity index (χ3v) is 5.04. The van der Waals surface area contributed by atoms with Crippen LogP contribution in [0.3, 0.4) is 0 Å². The standard InChI is InChI=1S/C19H22N4O4S/c1-5-27-17(25)15-12(3)20-18-21-19(28-10-14(24)26-4)22-23(18)16(15)13-8-6-7-11(2)9-13/h6-9,16H,5,10H2,1-4H3,(H,20,21,22). The van der Waals surface area contributed by atoms with Crippen molar-refractivity contribution in [2.75, 3.05) is 24.8 Å². The van der Waals surface area contributed by atoms with Gasteiger partial charge < -0.3 is 14.8 Å². The molecule has 2 heterocycles. The van der Waals surface area contributed by atoms with Crippen LogP contribution in [0.5, 0.6) is 0 Å². The topological polar surface area (TPSA) is 95.3 Å². The second kappa shape index (κ2) is 8.47. The van der Waals surface area contributed by atoms with Crippen LogP contribution in [-0.2, 0) is 19.1 Å². The summed E-state index contributed by atoms with van der Waals surface area (Å²) in [6.45, 7) is 5.86. The molecule has 1 aromatic heterocycles. The lowest BCUT2D eigenvalue weighted by molar-refractivity contribution is -0.139. The first-order chi connectivity index (χ1) is 13.4. The second-order valence-corrected chi connectivity index (χ2v) is 7.17. The van der Waals surface area contributed by atoms with Crippen molar-refractivity contribution in [3.8, 4) is 0 Å². The zero-order valence-electron chi connectivity index (χ0n) is 16.2. The van der Waals surface area contributed by atoms with Gasteiger partial charge in [0, 0.05) is 5.70 Å². The van der Waals surface area contributed by atoms with Gasteiger partial charge in [0.25, 0.3) is 0 Å². The van der Waals surface area contributed by atoms with Crippen molar-refractivity contribution in [1.29, 1.82) is 0 Å². The molecule has 3 rings (SSSR count). The van der Waals surface area contributed by atoms with Crippen molar-refractivity contribution >= 4 is 29.6 Å². The number of anilines is 1. The van der Waals surface area contributed by atoms with Crippen LogP contribution < -0.4 is 5.32 Å². The first-order valence-electron chi connectivity index (χ1n) is 8.82. The number of benzene rings is 1. The van der Waals surface area contributed by atoms with Gasteiger partial charge in [0.15, 0.2) is 0 Å². The van der Waals surface area contributed by atoms with E-state index in [2.05, 4.69) is 20.1 Å². The van der Waals surface area contributed by atoms with Crippen molar-refractivity contribution < 1.29 is 19.1 Å². The molecule has 0 aliphatic carbocycles. The highest BCUT2D eigenvalue weighted by molar-refractivity contribution is 7.99. The number of thioether (sulfide) groups is 1. The maximum atomic E-state index is 12.7. The number of hydrogen-bond acceptors (Lipinski definition) is 8. The molecule has 0 saturated carbocycles. The van der Waals surface area contributed by atoms with E-state index in [1.54, 1.807) is 11.6 Å². The van der Waals surface area contributed by atoms with Crippen LogP contribution in [0.4, 0.5) is 5.95 Å². The molecular weight excluding hydrogens is 380 g/mol. The highest BCUT2D eigenvalue weighted by Gasteiger charge is 2.35. The van der Waals surface area contributed by atoms with Gasteiger partial charge in [-0.2, -0.15) is 4.98 Å². The lowest BCUT2D eigenvalue weighted by Gasteiger charge is -2.28. The van der Waals surface area contributed by atoms with Crippen LogP contribution in [0.25, 0.3) is 0 Å². The van der Waals surface area contributed by atoms with Gasteiger partial charge in [0.1, 0.15) is 6.04 Å². The number of nitrogens with one attached hydrogen (secondary N) is 1. The Morgan fingerprint density at radius 2 is 2.11 bits per heavy atom. The number of rotatable bonds is 6. The Bertz CT molecular complexity index is 938. The average molecular weight is 402 g/mol. The van der Waals surface area contributed by atoms with Gasteiger partial charge in [-0.25, -0.2) is 9.48 Å². The van der Waals surface area contributed by atoms with Gasteiger partial charge >= 0.3 is 11.9 Å². The Balaban J connectivity index is 2.04. The summed E-state index contributed by atoms with van der Waals surface area (Å²) in [6.07, 6.45) is 0. The first-order valence-corrected chi connectivity index (χ1v) is 9.80. The van der Waals surface area contributed by atoms with E-state index in [9.17, 15) is 9.59 Å². The number of ether oxygens (including phenoxy) is 2. The number of esters is 2. The lowest BCUT2D eigenvalue weighted by atomic mass is 9.95. The van der Waals surface area contributed by atoms with Crippen molar-refractivity contribution in [2.24, 2.45) is 0 Å². The van der Waals surface area contributed by atoms with Crippen LogP contribution in [0.1, 0.15) is 31.0 Å². The summed E-state index contributed by atoms with van der Waals surface area (Å²) in [5.41, 5.74) is 3.11.